The second kappa shape index (κ2) is 9.16. The lowest BCUT2D eigenvalue weighted by Crippen LogP contribution is -2.06. The zero-order valence-electron chi connectivity index (χ0n) is 17.5. The van der Waals surface area contributed by atoms with E-state index in [-0.39, 0.29) is 11.8 Å². The molecule has 0 bridgehead atoms. The van der Waals surface area contributed by atoms with Gasteiger partial charge in [0.2, 0.25) is 6.39 Å². The monoisotopic (exact) mass is 495 g/mol. The van der Waals surface area contributed by atoms with Crippen molar-refractivity contribution < 1.29 is 17.9 Å². The molecule has 5 aromatic rings. The van der Waals surface area contributed by atoms with E-state index in [9.17, 15) is 8.60 Å². The maximum atomic E-state index is 13.8. The standard InChI is InChI=1S/C23H15ClFN5O3S/c1-32-21-10-17(13-3-2-4-14(25)7-13)19(24)9-18(21)22-16-6-5-15(8-20(16)26-11-27-22)34(31)30-23-28-12-33-29-23/h2-12H,1H3,(H,29,30). The van der Waals surface area contributed by atoms with Crippen molar-refractivity contribution in [2.75, 3.05) is 11.8 Å². The number of halogens is 2. The molecular formula is C23H15ClFN5O3S. The Morgan fingerprint density at radius 2 is 1.94 bits per heavy atom. The number of ether oxygens (including phenoxy) is 1. The van der Waals surface area contributed by atoms with Crippen molar-refractivity contribution in [1.29, 1.82) is 0 Å². The summed E-state index contributed by atoms with van der Waals surface area (Å²) in [5.74, 6) is 0.259. The van der Waals surface area contributed by atoms with Gasteiger partial charge in [0.15, 0.2) is 11.0 Å². The molecule has 8 nitrogen and oxygen atoms in total. The lowest BCUT2D eigenvalue weighted by atomic mass is 9.99. The van der Waals surface area contributed by atoms with Gasteiger partial charge in [0.25, 0.3) is 5.95 Å². The van der Waals surface area contributed by atoms with Gasteiger partial charge in [-0.15, -0.1) is 0 Å². The van der Waals surface area contributed by atoms with Crippen LogP contribution in [-0.4, -0.2) is 31.4 Å². The summed E-state index contributed by atoms with van der Waals surface area (Å²) in [6.45, 7) is 0. The predicted octanol–water partition coefficient (Wildman–Crippen LogP) is 5.28. The fourth-order valence-corrected chi connectivity index (χ4v) is 4.57. The molecule has 0 aliphatic carbocycles. The van der Waals surface area contributed by atoms with Gasteiger partial charge in [-0.1, -0.05) is 23.7 Å². The summed E-state index contributed by atoms with van der Waals surface area (Å²) >= 11 is 6.59. The average Bonchev–Trinajstić information content (AvgIpc) is 3.36. The Hall–Kier alpha value is -3.89. The number of rotatable bonds is 6. The summed E-state index contributed by atoms with van der Waals surface area (Å²) in [5.41, 5.74) is 3.05. The lowest BCUT2D eigenvalue weighted by molar-refractivity contribution is 0.416. The fraction of sp³-hybridized carbons (Fsp3) is 0.0435. The molecule has 3 aromatic carbocycles. The third kappa shape index (κ3) is 4.20. The van der Waals surface area contributed by atoms with E-state index in [1.165, 1.54) is 25.6 Å². The molecule has 0 spiro atoms. The van der Waals surface area contributed by atoms with Crippen LogP contribution in [0.15, 0.2) is 76.7 Å². The number of hydrogen-bond acceptors (Lipinski definition) is 7. The first-order chi connectivity index (χ1) is 16.5. The van der Waals surface area contributed by atoms with Crippen molar-refractivity contribution in [3.8, 4) is 28.1 Å². The first kappa shape index (κ1) is 21.9. The van der Waals surface area contributed by atoms with Gasteiger partial charge in [0.05, 0.1) is 23.2 Å². The predicted molar refractivity (Wildman–Crippen MR) is 126 cm³/mol. The molecule has 11 heteroatoms. The highest BCUT2D eigenvalue weighted by atomic mass is 35.5. The molecule has 2 heterocycles. The van der Waals surface area contributed by atoms with Crippen LogP contribution in [0.1, 0.15) is 0 Å². The maximum Gasteiger partial charge on any atom is 0.275 e. The normalized spacial score (nSPS) is 12.0. The Morgan fingerprint density at radius 3 is 2.71 bits per heavy atom. The Labute approximate surface area is 200 Å². The van der Waals surface area contributed by atoms with Crippen molar-refractivity contribution in [2.24, 2.45) is 0 Å². The average molecular weight is 496 g/mol. The minimum absolute atomic E-state index is 0.111. The SMILES string of the molecule is COc1cc(-c2cccc(F)c2)c(Cl)cc1-c1ncnc2cc(S(=O)Nc3ncon3)ccc12. The van der Waals surface area contributed by atoms with Gasteiger partial charge < -0.3 is 9.26 Å². The Morgan fingerprint density at radius 1 is 1.06 bits per heavy atom. The van der Waals surface area contributed by atoms with Crippen LogP contribution >= 0.6 is 11.6 Å². The lowest BCUT2D eigenvalue weighted by Gasteiger charge is -2.14. The molecule has 1 unspecified atom stereocenters. The molecule has 0 aliphatic rings. The van der Waals surface area contributed by atoms with E-state index in [0.717, 1.165) is 6.39 Å². The quantitative estimate of drug-likeness (QED) is 0.341. The van der Waals surface area contributed by atoms with E-state index in [1.54, 1.807) is 42.5 Å². The zero-order chi connectivity index (χ0) is 23.7. The van der Waals surface area contributed by atoms with E-state index < -0.39 is 11.0 Å². The number of anilines is 1. The largest absolute Gasteiger partial charge is 0.496 e. The van der Waals surface area contributed by atoms with E-state index in [4.69, 9.17) is 16.3 Å². The van der Waals surface area contributed by atoms with Gasteiger partial charge in [-0.3, -0.25) is 4.72 Å². The molecule has 170 valence electrons. The summed E-state index contributed by atoms with van der Waals surface area (Å²) < 4.78 is 39.3. The minimum atomic E-state index is -1.63. The number of nitrogens with zero attached hydrogens (tertiary/aromatic N) is 4. The number of nitrogens with one attached hydrogen (secondary N) is 1. The van der Waals surface area contributed by atoms with Crippen LogP contribution in [0.4, 0.5) is 10.3 Å². The van der Waals surface area contributed by atoms with Crippen LogP contribution in [0.3, 0.4) is 0 Å². The minimum Gasteiger partial charge on any atom is -0.496 e. The molecule has 0 aliphatic heterocycles. The second-order valence-electron chi connectivity index (χ2n) is 7.07. The number of methoxy groups -OCH3 is 1. The summed E-state index contributed by atoms with van der Waals surface area (Å²) in [5, 5.41) is 4.71. The first-order valence-corrected chi connectivity index (χ1v) is 11.4. The fourth-order valence-electron chi connectivity index (χ4n) is 3.51. The van der Waals surface area contributed by atoms with E-state index in [1.807, 2.05) is 0 Å². The van der Waals surface area contributed by atoms with Crippen molar-refractivity contribution >= 4 is 39.4 Å². The van der Waals surface area contributed by atoms with Gasteiger partial charge in [0.1, 0.15) is 17.9 Å². The second-order valence-corrected chi connectivity index (χ2v) is 8.69. The van der Waals surface area contributed by atoms with Crippen molar-refractivity contribution in [3.05, 3.63) is 78.2 Å². The highest BCUT2D eigenvalue weighted by Gasteiger charge is 2.17. The van der Waals surface area contributed by atoms with Crippen LogP contribution in [0, 0.1) is 5.82 Å². The summed E-state index contributed by atoms with van der Waals surface area (Å²) in [6, 6.07) is 14.8. The van der Waals surface area contributed by atoms with Crippen LogP contribution in [0.25, 0.3) is 33.3 Å². The smallest absolute Gasteiger partial charge is 0.275 e. The van der Waals surface area contributed by atoms with Crippen molar-refractivity contribution in [3.63, 3.8) is 0 Å². The van der Waals surface area contributed by atoms with Crippen LogP contribution < -0.4 is 9.46 Å². The van der Waals surface area contributed by atoms with Gasteiger partial charge in [-0.2, -0.15) is 4.98 Å². The maximum absolute atomic E-state index is 13.8. The molecule has 0 fully saturated rings. The molecule has 0 radical (unpaired) electrons. The van der Waals surface area contributed by atoms with Crippen LogP contribution in [0.2, 0.25) is 5.02 Å². The molecule has 5 rings (SSSR count). The molecule has 0 amide bonds. The molecule has 2 aromatic heterocycles. The Kier molecular flexibility index (Phi) is 5.91. The number of benzene rings is 3. The third-order valence-electron chi connectivity index (χ3n) is 5.05. The van der Waals surface area contributed by atoms with Crippen LogP contribution in [-0.2, 0) is 11.0 Å². The number of hydrogen-bond donors (Lipinski definition) is 1. The molecule has 1 atom stereocenters. The van der Waals surface area contributed by atoms with Crippen molar-refractivity contribution in [1.82, 2.24) is 20.1 Å². The summed E-state index contributed by atoms with van der Waals surface area (Å²) in [4.78, 5) is 13.0. The van der Waals surface area contributed by atoms with E-state index in [2.05, 4.69) is 29.4 Å². The number of aromatic nitrogens is 4. The Balaban J connectivity index is 1.57. The summed E-state index contributed by atoms with van der Waals surface area (Å²) in [6.07, 6.45) is 2.54. The topological polar surface area (TPSA) is 103 Å². The molecule has 34 heavy (non-hydrogen) atoms. The van der Waals surface area contributed by atoms with Crippen LogP contribution in [0.5, 0.6) is 5.75 Å². The first-order valence-electron chi connectivity index (χ1n) is 9.87. The van der Waals surface area contributed by atoms with Gasteiger partial charge in [-0.05, 0) is 53.2 Å². The third-order valence-corrected chi connectivity index (χ3v) is 6.41. The van der Waals surface area contributed by atoms with E-state index >= 15 is 0 Å². The van der Waals surface area contributed by atoms with Gasteiger partial charge >= 0.3 is 0 Å². The zero-order valence-corrected chi connectivity index (χ0v) is 19.1. The molecule has 0 saturated carbocycles. The number of fused-ring (bicyclic) bond motifs is 1. The van der Waals surface area contributed by atoms with Gasteiger partial charge in [-0.25, -0.2) is 18.6 Å². The molecule has 0 saturated heterocycles. The summed E-state index contributed by atoms with van der Waals surface area (Å²) in [7, 11) is -0.0897. The molecule has 1 N–H and O–H groups in total. The highest BCUT2D eigenvalue weighted by Crippen LogP contribution is 2.40. The van der Waals surface area contributed by atoms with E-state index in [0.29, 0.717) is 49.0 Å². The highest BCUT2D eigenvalue weighted by molar-refractivity contribution is 7.86. The van der Waals surface area contributed by atoms with Gasteiger partial charge in [0, 0.05) is 21.5 Å². The molecular weight excluding hydrogens is 481 g/mol. The Bertz CT molecular complexity index is 1530. The van der Waals surface area contributed by atoms with Crippen molar-refractivity contribution in [2.45, 2.75) is 4.90 Å².